The predicted molar refractivity (Wildman–Crippen MR) is 117 cm³/mol. The van der Waals surface area contributed by atoms with Crippen LogP contribution >= 0.6 is 11.8 Å². The molecule has 2 N–H and O–H groups in total. The van der Waals surface area contributed by atoms with Gasteiger partial charge in [-0.1, -0.05) is 17.8 Å². The summed E-state index contributed by atoms with van der Waals surface area (Å²) in [5, 5.41) is 31.5. The van der Waals surface area contributed by atoms with Crippen LogP contribution in [0.3, 0.4) is 0 Å². The lowest BCUT2D eigenvalue weighted by atomic mass is 10.1. The largest absolute Gasteiger partial charge is 0.506 e. The number of aliphatic hydroxyl groups is 1. The lowest BCUT2D eigenvalue weighted by Gasteiger charge is -2.04. The second-order valence-electron chi connectivity index (χ2n) is 6.18. The predicted octanol–water partition coefficient (Wildman–Crippen LogP) is 4.50. The normalized spacial score (nSPS) is 16.1. The van der Waals surface area contributed by atoms with Crippen LogP contribution in [0.15, 0.2) is 63.7 Å². The number of hydrogen-bond acceptors (Lipinski definition) is 9. The molecule has 0 aliphatic carbocycles. The zero-order valence-corrected chi connectivity index (χ0v) is 17.4. The highest BCUT2D eigenvalue weighted by atomic mass is 32.2. The molecule has 31 heavy (non-hydrogen) atoms. The average molecular weight is 442 g/mol. The minimum atomic E-state index is -0.736. The van der Waals surface area contributed by atoms with E-state index >= 15 is 0 Å². The van der Waals surface area contributed by atoms with Crippen molar-refractivity contribution in [2.24, 2.45) is 4.99 Å². The molecule has 0 fully saturated rings. The molecule has 2 aromatic rings. The van der Waals surface area contributed by atoms with Crippen molar-refractivity contribution in [1.82, 2.24) is 0 Å². The maximum absolute atomic E-state index is 12.4. The highest BCUT2D eigenvalue weighted by Crippen LogP contribution is 2.41. The van der Waals surface area contributed by atoms with Crippen molar-refractivity contribution in [3.63, 3.8) is 0 Å². The number of carbonyl (C=O) groups excluding carboxylic acids is 1. The number of ether oxygens (including phenoxy) is 2. The van der Waals surface area contributed by atoms with Crippen LogP contribution in [0.5, 0.6) is 11.5 Å². The molecule has 0 amide bonds. The van der Waals surface area contributed by atoms with Crippen LogP contribution in [0.4, 0.5) is 11.4 Å². The van der Waals surface area contributed by atoms with E-state index in [4.69, 9.17) is 9.47 Å². The Kier molecular flexibility index (Phi) is 6.61. The van der Waals surface area contributed by atoms with E-state index in [-0.39, 0.29) is 40.2 Å². The molecular weight excluding hydrogens is 424 g/mol. The number of thioether (sulfide) groups is 1. The van der Waals surface area contributed by atoms with Gasteiger partial charge >= 0.3 is 5.97 Å². The Morgan fingerprint density at radius 1 is 1.23 bits per heavy atom. The summed E-state index contributed by atoms with van der Waals surface area (Å²) >= 11 is 1.05. The van der Waals surface area contributed by atoms with Crippen molar-refractivity contribution >= 4 is 40.2 Å². The molecule has 0 unspecified atom stereocenters. The first-order valence-corrected chi connectivity index (χ1v) is 9.86. The molecule has 160 valence electrons. The van der Waals surface area contributed by atoms with Gasteiger partial charge in [-0.05, 0) is 42.8 Å². The molecule has 2 aromatic carbocycles. The summed E-state index contributed by atoms with van der Waals surface area (Å²) in [6.45, 7) is 1.75. The molecule has 1 heterocycles. The monoisotopic (exact) mass is 442 g/mol. The second kappa shape index (κ2) is 9.35. The number of nitro groups is 1. The Labute approximate surface area is 181 Å². The van der Waals surface area contributed by atoms with Crippen LogP contribution in [0.2, 0.25) is 0 Å². The van der Waals surface area contributed by atoms with Crippen molar-refractivity contribution in [1.29, 1.82) is 0 Å². The Hall–Kier alpha value is -3.79. The number of aliphatic imine (C=N–C) groups is 1. The highest BCUT2D eigenvalue weighted by molar-refractivity contribution is 8.18. The Balaban J connectivity index is 2.02. The number of hydrogen-bond donors (Lipinski definition) is 2. The molecule has 10 heteroatoms. The van der Waals surface area contributed by atoms with Crippen molar-refractivity contribution in [3.05, 3.63) is 74.4 Å². The molecular formula is C21H18N2O7S. The number of carbonyl (C=O) groups is 1. The summed E-state index contributed by atoms with van der Waals surface area (Å²) in [5.41, 5.74) is 0.801. The van der Waals surface area contributed by atoms with Crippen molar-refractivity contribution in [3.8, 4) is 11.5 Å². The van der Waals surface area contributed by atoms with Crippen LogP contribution in [-0.4, -0.2) is 39.9 Å². The van der Waals surface area contributed by atoms with Crippen LogP contribution in [-0.2, 0) is 9.53 Å². The highest BCUT2D eigenvalue weighted by Gasteiger charge is 2.33. The van der Waals surface area contributed by atoms with Crippen LogP contribution in [0.1, 0.15) is 12.5 Å². The maximum atomic E-state index is 12.4. The van der Waals surface area contributed by atoms with Gasteiger partial charge in [0.05, 0.1) is 29.2 Å². The summed E-state index contributed by atoms with van der Waals surface area (Å²) in [5.74, 6) is -0.807. The summed E-state index contributed by atoms with van der Waals surface area (Å²) in [6, 6.07) is 10.1. The van der Waals surface area contributed by atoms with Crippen molar-refractivity contribution in [2.75, 3.05) is 13.7 Å². The van der Waals surface area contributed by atoms with Gasteiger partial charge in [-0.3, -0.25) is 10.1 Å². The molecule has 0 saturated heterocycles. The van der Waals surface area contributed by atoms with Crippen LogP contribution in [0.25, 0.3) is 6.08 Å². The fraction of sp³-hybridized carbons (Fsp3) is 0.143. The molecule has 0 aromatic heterocycles. The molecule has 9 nitrogen and oxygen atoms in total. The number of phenols is 1. The maximum Gasteiger partial charge on any atom is 0.344 e. The number of benzene rings is 2. The minimum Gasteiger partial charge on any atom is -0.506 e. The first kappa shape index (κ1) is 21.9. The number of nitro benzene ring substituents is 1. The lowest BCUT2D eigenvalue weighted by Crippen LogP contribution is -2.12. The van der Waals surface area contributed by atoms with Gasteiger partial charge in [-0.15, -0.1) is 0 Å². The number of methoxy groups -OCH3 is 1. The zero-order chi connectivity index (χ0) is 22.5. The topological polar surface area (TPSA) is 131 Å². The van der Waals surface area contributed by atoms with Crippen molar-refractivity contribution in [2.45, 2.75) is 6.92 Å². The summed E-state index contributed by atoms with van der Waals surface area (Å²) in [7, 11) is 1.42. The first-order chi connectivity index (χ1) is 14.8. The number of nitrogens with zero attached hydrogens (tertiary/aromatic N) is 2. The fourth-order valence-corrected chi connectivity index (χ4v) is 3.73. The van der Waals surface area contributed by atoms with E-state index in [1.165, 1.54) is 37.4 Å². The molecule has 0 saturated carbocycles. The van der Waals surface area contributed by atoms with E-state index in [1.54, 1.807) is 25.1 Å². The van der Waals surface area contributed by atoms with Gasteiger partial charge in [0, 0.05) is 12.1 Å². The summed E-state index contributed by atoms with van der Waals surface area (Å²) in [4.78, 5) is 27.5. The van der Waals surface area contributed by atoms with Crippen LogP contribution < -0.4 is 4.74 Å². The van der Waals surface area contributed by atoms with E-state index in [9.17, 15) is 25.1 Å². The third kappa shape index (κ3) is 4.86. The molecule has 1 aliphatic rings. The number of phenolic OH excluding ortho intramolecular Hbond substituents is 1. The molecule has 0 bridgehead atoms. The Morgan fingerprint density at radius 3 is 2.55 bits per heavy atom. The van der Waals surface area contributed by atoms with Gasteiger partial charge in [-0.25, -0.2) is 9.79 Å². The third-order valence-electron chi connectivity index (χ3n) is 4.16. The minimum absolute atomic E-state index is 0.0314. The number of esters is 1. The second-order valence-corrected chi connectivity index (χ2v) is 7.21. The first-order valence-electron chi connectivity index (χ1n) is 9.04. The smallest absolute Gasteiger partial charge is 0.344 e. The lowest BCUT2D eigenvalue weighted by molar-refractivity contribution is -0.384. The van der Waals surface area contributed by atoms with E-state index in [1.807, 2.05) is 0 Å². The number of aromatic hydroxyl groups is 1. The van der Waals surface area contributed by atoms with E-state index < -0.39 is 10.9 Å². The van der Waals surface area contributed by atoms with Gasteiger partial charge in [0.1, 0.15) is 16.4 Å². The van der Waals surface area contributed by atoms with E-state index in [2.05, 4.69) is 4.99 Å². The molecule has 0 radical (unpaired) electrons. The van der Waals surface area contributed by atoms with Crippen molar-refractivity contribution < 1.29 is 29.4 Å². The molecule has 3 rings (SSSR count). The fourth-order valence-electron chi connectivity index (χ4n) is 2.69. The van der Waals surface area contributed by atoms with Crippen LogP contribution in [0, 0.1) is 10.1 Å². The quantitative estimate of drug-likeness (QED) is 0.380. The molecule has 0 spiro atoms. The number of rotatable bonds is 6. The molecule has 0 atom stereocenters. The number of aliphatic hydroxyl groups excluding tert-OH is 1. The Morgan fingerprint density at radius 2 is 1.94 bits per heavy atom. The standard InChI is InChI=1S/C21H18N2O7S/c1-3-30-21(26)18-19(25)17(11-12-4-9-15(24)16(10-12)29-2)31-20(18)22-13-5-7-14(8-6-13)23(27)28/h4-11,24-25H,3H2,1-2H3. The van der Waals surface area contributed by atoms with Gasteiger partial charge in [-0.2, -0.15) is 0 Å². The van der Waals surface area contributed by atoms with Gasteiger partial charge < -0.3 is 19.7 Å². The average Bonchev–Trinajstić information content (AvgIpc) is 3.04. The van der Waals surface area contributed by atoms with Gasteiger partial charge in [0.25, 0.3) is 5.69 Å². The SMILES string of the molecule is CCOC(=O)C1=C(O)C(=Cc2ccc(O)c(OC)c2)SC1=Nc1ccc([N+](=O)[O-])cc1. The van der Waals surface area contributed by atoms with Gasteiger partial charge in [0.2, 0.25) is 0 Å². The summed E-state index contributed by atoms with van der Waals surface area (Å²) in [6.07, 6.45) is 1.61. The van der Waals surface area contributed by atoms with Gasteiger partial charge in [0.15, 0.2) is 11.5 Å². The summed E-state index contributed by atoms with van der Waals surface area (Å²) < 4.78 is 10.1. The Bertz CT molecular complexity index is 1120. The van der Waals surface area contributed by atoms with E-state index in [0.717, 1.165) is 11.8 Å². The molecule has 1 aliphatic heterocycles. The number of non-ortho nitro benzene ring substituents is 1. The third-order valence-corrected chi connectivity index (χ3v) is 5.18. The zero-order valence-electron chi connectivity index (χ0n) is 16.6. The van der Waals surface area contributed by atoms with E-state index in [0.29, 0.717) is 16.2 Å².